The normalized spacial score (nSPS) is 23.6. The largest absolute Gasteiger partial charge is 0.441 e. The number of amides is 1. The lowest BCUT2D eigenvalue weighted by Crippen LogP contribution is -2.39. The molecule has 176 valence electrons. The number of ether oxygens (including phenoxy) is 3. The summed E-state index contributed by atoms with van der Waals surface area (Å²) in [6.45, 7) is 2.20. The first-order chi connectivity index (χ1) is 15.8. The molecule has 4 heterocycles. The molecule has 5 rings (SSSR count). The van der Waals surface area contributed by atoms with Crippen molar-refractivity contribution in [2.75, 3.05) is 19.0 Å². The van der Waals surface area contributed by atoms with Crippen LogP contribution >= 0.6 is 11.6 Å². The number of H-pyrrole nitrogens is 1. The van der Waals surface area contributed by atoms with Gasteiger partial charge >= 0.3 is 6.09 Å². The van der Waals surface area contributed by atoms with Crippen LogP contribution in [0.1, 0.15) is 37.3 Å². The minimum Gasteiger partial charge on any atom is -0.441 e. The van der Waals surface area contributed by atoms with Gasteiger partial charge in [-0.25, -0.2) is 19.2 Å². The number of nitrogens with one attached hydrogen (secondary N) is 3. The van der Waals surface area contributed by atoms with Gasteiger partial charge in [0.25, 0.3) is 0 Å². The topological polar surface area (TPSA) is 128 Å². The van der Waals surface area contributed by atoms with Crippen LogP contribution in [0, 0.1) is 0 Å². The van der Waals surface area contributed by atoms with E-state index in [-0.39, 0.29) is 17.3 Å². The third-order valence-corrected chi connectivity index (χ3v) is 5.85. The maximum absolute atomic E-state index is 15.0. The van der Waals surface area contributed by atoms with E-state index < -0.39 is 24.5 Å². The van der Waals surface area contributed by atoms with Crippen LogP contribution in [0.5, 0.6) is 0 Å². The molecule has 1 aliphatic carbocycles. The molecule has 0 bridgehead atoms. The van der Waals surface area contributed by atoms with Crippen molar-refractivity contribution in [3.8, 4) is 0 Å². The number of carbonyl (C=O) groups is 1. The molecule has 3 aromatic rings. The maximum Gasteiger partial charge on any atom is 0.408 e. The summed E-state index contributed by atoms with van der Waals surface area (Å²) in [6.07, 6.45) is -0.594. The van der Waals surface area contributed by atoms with Gasteiger partial charge in [0.15, 0.2) is 18.1 Å². The summed E-state index contributed by atoms with van der Waals surface area (Å²) in [4.78, 5) is 20.7. The molecule has 33 heavy (non-hydrogen) atoms. The Hall–Kier alpha value is -2.96. The van der Waals surface area contributed by atoms with E-state index in [1.54, 1.807) is 29.8 Å². The molecule has 0 radical (unpaired) electrons. The fourth-order valence-electron chi connectivity index (χ4n) is 3.64. The fourth-order valence-corrected chi connectivity index (χ4v) is 3.82. The SMILES string of the molecule is COCc1cn2c(Nc3cc([C@H]4OC[C@@H](OC(=O)NC5(C)CC5)[C@@H]4F)[nH]n3)nc(Cl)cc2n1. The molecule has 11 nitrogen and oxygen atoms in total. The molecule has 0 spiro atoms. The summed E-state index contributed by atoms with van der Waals surface area (Å²) < 4.78 is 32.6. The van der Waals surface area contributed by atoms with Gasteiger partial charge in [-0.1, -0.05) is 11.6 Å². The average molecular weight is 480 g/mol. The number of carbonyl (C=O) groups excluding carboxylic acids is 1. The van der Waals surface area contributed by atoms with Gasteiger partial charge in [0.1, 0.15) is 16.9 Å². The molecule has 0 aromatic carbocycles. The number of halogens is 2. The molecule has 1 saturated heterocycles. The Morgan fingerprint density at radius 3 is 3.00 bits per heavy atom. The predicted octanol–water partition coefficient (Wildman–Crippen LogP) is 3.05. The van der Waals surface area contributed by atoms with Crippen molar-refractivity contribution >= 4 is 35.1 Å². The summed E-state index contributed by atoms with van der Waals surface area (Å²) in [5.74, 6) is 0.753. The van der Waals surface area contributed by atoms with Gasteiger partial charge in [-0.15, -0.1) is 0 Å². The van der Waals surface area contributed by atoms with Crippen LogP contribution in [0.25, 0.3) is 5.65 Å². The quantitative estimate of drug-likeness (QED) is 0.441. The van der Waals surface area contributed by atoms with Gasteiger partial charge < -0.3 is 24.8 Å². The molecule has 2 aliphatic rings. The van der Waals surface area contributed by atoms with E-state index in [4.69, 9.17) is 25.8 Å². The van der Waals surface area contributed by atoms with E-state index in [2.05, 4.69) is 30.8 Å². The van der Waals surface area contributed by atoms with Gasteiger partial charge in [0.2, 0.25) is 5.95 Å². The molecule has 1 amide bonds. The summed E-state index contributed by atoms with van der Waals surface area (Å²) >= 11 is 6.13. The van der Waals surface area contributed by atoms with Crippen LogP contribution in [-0.2, 0) is 20.8 Å². The molecule has 3 N–H and O–H groups in total. The number of anilines is 2. The van der Waals surface area contributed by atoms with Gasteiger partial charge in [-0.05, 0) is 19.8 Å². The van der Waals surface area contributed by atoms with Crippen molar-refractivity contribution < 1.29 is 23.4 Å². The highest BCUT2D eigenvalue weighted by molar-refractivity contribution is 6.29. The van der Waals surface area contributed by atoms with Gasteiger partial charge in [-0.3, -0.25) is 9.50 Å². The van der Waals surface area contributed by atoms with E-state index in [0.29, 0.717) is 35.4 Å². The number of methoxy groups -OCH3 is 1. The second kappa shape index (κ2) is 8.43. The Morgan fingerprint density at radius 2 is 2.24 bits per heavy atom. The summed E-state index contributed by atoms with van der Waals surface area (Å²) in [5.41, 5.74) is 1.44. The van der Waals surface area contributed by atoms with E-state index in [9.17, 15) is 9.18 Å². The Bertz CT molecular complexity index is 1180. The molecule has 13 heteroatoms. The van der Waals surface area contributed by atoms with Gasteiger partial charge in [0.05, 0.1) is 24.6 Å². The van der Waals surface area contributed by atoms with Crippen LogP contribution in [0.4, 0.5) is 21.0 Å². The zero-order valence-corrected chi connectivity index (χ0v) is 18.7. The highest BCUT2D eigenvalue weighted by Crippen LogP contribution is 2.36. The van der Waals surface area contributed by atoms with E-state index in [1.807, 2.05) is 6.92 Å². The van der Waals surface area contributed by atoms with Crippen molar-refractivity contribution in [1.29, 1.82) is 0 Å². The van der Waals surface area contributed by atoms with Gasteiger partial charge in [0, 0.05) is 31.0 Å². The second-order valence-electron chi connectivity index (χ2n) is 8.46. The van der Waals surface area contributed by atoms with Crippen molar-refractivity contribution in [3.05, 3.63) is 34.9 Å². The predicted molar refractivity (Wildman–Crippen MR) is 115 cm³/mol. The Balaban J connectivity index is 1.27. The minimum absolute atomic E-state index is 0.0501. The number of hydrogen-bond acceptors (Lipinski definition) is 8. The zero-order valence-electron chi connectivity index (χ0n) is 18.0. The molecule has 3 aromatic heterocycles. The van der Waals surface area contributed by atoms with E-state index in [1.165, 1.54) is 0 Å². The van der Waals surface area contributed by atoms with Crippen LogP contribution in [0.3, 0.4) is 0 Å². The highest BCUT2D eigenvalue weighted by atomic mass is 35.5. The number of aromatic nitrogens is 5. The first-order valence-corrected chi connectivity index (χ1v) is 10.8. The Kier molecular flexibility index (Phi) is 5.59. The van der Waals surface area contributed by atoms with Crippen LogP contribution in [0.15, 0.2) is 18.3 Å². The van der Waals surface area contributed by atoms with Crippen LogP contribution in [0.2, 0.25) is 5.15 Å². The number of hydrogen-bond donors (Lipinski definition) is 3. The number of rotatable bonds is 7. The average Bonchev–Trinajstić information content (AvgIpc) is 3.11. The summed E-state index contributed by atoms with van der Waals surface area (Å²) in [6, 6.07) is 3.23. The number of alkyl carbamates (subject to hydrolysis) is 1. The number of imidazole rings is 1. The van der Waals surface area contributed by atoms with E-state index in [0.717, 1.165) is 12.8 Å². The molecular weight excluding hydrogens is 457 g/mol. The number of alkyl halides is 1. The maximum atomic E-state index is 15.0. The van der Waals surface area contributed by atoms with Crippen LogP contribution in [-0.4, -0.2) is 62.2 Å². The van der Waals surface area contributed by atoms with Gasteiger partial charge in [-0.2, -0.15) is 5.10 Å². The molecule has 0 unspecified atom stereocenters. The number of nitrogens with zero attached hydrogens (tertiary/aromatic N) is 4. The first kappa shape index (κ1) is 21.9. The summed E-state index contributed by atoms with van der Waals surface area (Å²) in [7, 11) is 1.58. The summed E-state index contributed by atoms with van der Waals surface area (Å²) in [5, 5.41) is 13.0. The third kappa shape index (κ3) is 4.59. The Labute approximate surface area is 193 Å². The standard InChI is InChI=1S/C20H23ClFN7O4/c1-20(3-4-20)26-19(30)33-12-9-32-17(16(12)22)11-5-14(28-27-11)25-18-24-13(21)6-15-23-10(8-31-2)7-29(15)18/h5-7,12,16-17H,3-4,8-9H2,1-2H3,(H,26,30)(H2,24,25,27,28)/t12-,16+,17-/m1/s1. The lowest BCUT2D eigenvalue weighted by atomic mass is 10.1. The fraction of sp³-hybridized carbons (Fsp3) is 0.500. The second-order valence-corrected chi connectivity index (χ2v) is 8.84. The monoisotopic (exact) mass is 479 g/mol. The smallest absolute Gasteiger partial charge is 0.408 e. The lowest BCUT2D eigenvalue weighted by Gasteiger charge is -2.17. The van der Waals surface area contributed by atoms with Crippen molar-refractivity contribution in [2.45, 2.75) is 50.3 Å². The Morgan fingerprint density at radius 1 is 1.42 bits per heavy atom. The van der Waals surface area contributed by atoms with E-state index >= 15 is 0 Å². The molecular formula is C20H23ClFN7O4. The molecule has 1 saturated carbocycles. The van der Waals surface area contributed by atoms with Crippen molar-refractivity contribution in [1.82, 2.24) is 29.9 Å². The number of aromatic amines is 1. The van der Waals surface area contributed by atoms with Crippen molar-refractivity contribution in [3.63, 3.8) is 0 Å². The lowest BCUT2D eigenvalue weighted by molar-refractivity contribution is 0.0604. The van der Waals surface area contributed by atoms with Crippen LogP contribution < -0.4 is 10.6 Å². The molecule has 2 fully saturated rings. The number of fused-ring (bicyclic) bond motifs is 1. The highest BCUT2D eigenvalue weighted by Gasteiger charge is 2.44. The zero-order chi connectivity index (χ0) is 23.2. The first-order valence-electron chi connectivity index (χ1n) is 10.4. The van der Waals surface area contributed by atoms with Crippen molar-refractivity contribution in [2.24, 2.45) is 0 Å². The minimum atomic E-state index is -1.54. The molecule has 1 aliphatic heterocycles. The third-order valence-electron chi connectivity index (χ3n) is 5.66. The molecule has 3 atom stereocenters.